The highest BCUT2D eigenvalue weighted by molar-refractivity contribution is 7.99. The molecule has 200 valence electrons. The normalized spacial score (nSPS) is 14.2. The molecule has 0 aromatic rings. The van der Waals surface area contributed by atoms with E-state index in [-0.39, 0.29) is 31.7 Å². The van der Waals surface area contributed by atoms with Crippen molar-refractivity contribution in [1.82, 2.24) is 0 Å². The fraction of sp³-hybridized carbons (Fsp3) is 0.880. The summed E-state index contributed by atoms with van der Waals surface area (Å²) in [4.78, 5) is 23.6. The molecule has 0 bridgehead atoms. The van der Waals surface area contributed by atoms with Gasteiger partial charge in [0.05, 0.1) is 40.1 Å². The van der Waals surface area contributed by atoms with Gasteiger partial charge in [-0.15, -0.1) is 11.8 Å². The summed E-state index contributed by atoms with van der Waals surface area (Å²) in [5.41, 5.74) is 0. The number of esters is 1. The van der Waals surface area contributed by atoms with Gasteiger partial charge in [0.2, 0.25) is 0 Å². The predicted octanol–water partition coefficient (Wildman–Crippen LogP) is 5.03. The second-order valence-corrected chi connectivity index (χ2v) is 12.2. The van der Waals surface area contributed by atoms with Crippen molar-refractivity contribution >= 4 is 25.6 Å². The standard InChI is InChI=1S/C25H48NO6PS/c1-6-7-8-9-10-11-12-13-14-15-16-17-20-34-23-25(27)30-21-24(2)22-32-33(28,29)31-19-18-26(3,4)5/h24H,6,9-23H2,1-5H3. The van der Waals surface area contributed by atoms with E-state index in [2.05, 4.69) is 18.8 Å². The summed E-state index contributed by atoms with van der Waals surface area (Å²) < 4.78 is 27.4. The Morgan fingerprint density at radius 3 is 2.21 bits per heavy atom. The first-order chi connectivity index (χ1) is 16.1. The maximum atomic E-state index is 11.9. The van der Waals surface area contributed by atoms with Crippen molar-refractivity contribution in [2.24, 2.45) is 5.92 Å². The first-order valence-corrected chi connectivity index (χ1v) is 15.3. The van der Waals surface area contributed by atoms with Crippen LogP contribution in [0.25, 0.3) is 0 Å². The number of hydrogen-bond donors (Lipinski definition) is 0. The second-order valence-electron chi connectivity index (χ2n) is 9.72. The third-order valence-corrected chi connectivity index (χ3v) is 6.90. The lowest BCUT2D eigenvalue weighted by Gasteiger charge is -2.27. The summed E-state index contributed by atoms with van der Waals surface area (Å²) >= 11 is 1.59. The van der Waals surface area contributed by atoms with Crippen molar-refractivity contribution in [3.05, 3.63) is 0 Å². The van der Waals surface area contributed by atoms with Crippen molar-refractivity contribution in [2.75, 3.05) is 59.0 Å². The van der Waals surface area contributed by atoms with Gasteiger partial charge in [0.1, 0.15) is 13.2 Å². The lowest BCUT2D eigenvalue weighted by atomic mass is 10.1. The minimum absolute atomic E-state index is 0.0695. The molecule has 9 heteroatoms. The summed E-state index contributed by atoms with van der Waals surface area (Å²) in [7, 11) is 1.51. The molecular formula is C25H48NO6PS. The van der Waals surface area contributed by atoms with E-state index in [1.165, 1.54) is 44.9 Å². The van der Waals surface area contributed by atoms with Crippen LogP contribution in [0.3, 0.4) is 0 Å². The van der Waals surface area contributed by atoms with Gasteiger partial charge >= 0.3 is 5.97 Å². The average Bonchev–Trinajstić information content (AvgIpc) is 2.75. The van der Waals surface area contributed by atoms with Crippen molar-refractivity contribution in [2.45, 2.75) is 78.1 Å². The number of likely N-dealkylation sites (N-methyl/N-ethyl adjacent to an activating group) is 1. The Balaban J connectivity index is 3.58. The van der Waals surface area contributed by atoms with E-state index in [1.54, 1.807) is 18.7 Å². The van der Waals surface area contributed by atoms with Crippen molar-refractivity contribution in [3.63, 3.8) is 0 Å². The van der Waals surface area contributed by atoms with Crippen LogP contribution >= 0.6 is 19.6 Å². The second kappa shape index (κ2) is 20.6. The number of quaternary nitrogens is 1. The molecule has 0 heterocycles. The molecule has 0 radical (unpaired) electrons. The number of ether oxygens (including phenoxy) is 1. The third-order valence-electron chi connectivity index (χ3n) is 4.92. The molecule has 0 N–H and O–H groups in total. The molecule has 0 amide bonds. The molecule has 0 fully saturated rings. The molecule has 34 heavy (non-hydrogen) atoms. The van der Waals surface area contributed by atoms with Gasteiger partial charge in [-0.05, 0) is 18.6 Å². The number of hydrogen-bond acceptors (Lipinski definition) is 7. The van der Waals surface area contributed by atoms with Gasteiger partial charge in [-0.1, -0.05) is 52.4 Å². The van der Waals surface area contributed by atoms with E-state index in [0.717, 1.165) is 25.0 Å². The van der Waals surface area contributed by atoms with Gasteiger partial charge < -0.3 is 23.2 Å². The summed E-state index contributed by atoms with van der Waals surface area (Å²) in [5, 5.41) is 0. The van der Waals surface area contributed by atoms with Crippen LogP contribution in [0.15, 0.2) is 0 Å². The Morgan fingerprint density at radius 2 is 1.59 bits per heavy atom. The molecule has 2 atom stereocenters. The quantitative estimate of drug-likeness (QED) is 0.0688. The maximum absolute atomic E-state index is 11.9. The number of thioether (sulfide) groups is 1. The van der Waals surface area contributed by atoms with Gasteiger partial charge in [-0.3, -0.25) is 9.36 Å². The van der Waals surface area contributed by atoms with Gasteiger partial charge in [0, 0.05) is 18.8 Å². The van der Waals surface area contributed by atoms with Gasteiger partial charge in [-0.25, -0.2) is 0 Å². The number of carbonyl (C=O) groups is 1. The number of rotatable bonds is 21. The van der Waals surface area contributed by atoms with Crippen LogP contribution in [0.4, 0.5) is 0 Å². The molecule has 0 aliphatic heterocycles. The van der Waals surface area contributed by atoms with Crippen molar-refractivity contribution in [3.8, 4) is 11.8 Å². The highest BCUT2D eigenvalue weighted by Gasteiger charge is 2.16. The third kappa shape index (κ3) is 24.6. The highest BCUT2D eigenvalue weighted by atomic mass is 32.2. The smallest absolute Gasteiger partial charge is 0.315 e. The summed E-state index contributed by atoms with van der Waals surface area (Å²) in [6.07, 6.45) is 11.9. The number of carbonyl (C=O) groups excluding carboxylic acids is 1. The van der Waals surface area contributed by atoms with Crippen molar-refractivity contribution in [1.29, 1.82) is 0 Å². The average molecular weight is 522 g/mol. The van der Waals surface area contributed by atoms with Gasteiger partial charge in [0.15, 0.2) is 0 Å². The topological polar surface area (TPSA) is 84.9 Å². The van der Waals surface area contributed by atoms with Crippen LogP contribution in [0, 0.1) is 17.8 Å². The molecule has 0 aliphatic carbocycles. The highest BCUT2D eigenvalue weighted by Crippen LogP contribution is 2.38. The van der Waals surface area contributed by atoms with E-state index in [9.17, 15) is 14.3 Å². The molecule has 0 saturated carbocycles. The van der Waals surface area contributed by atoms with Crippen LogP contribution in [0.2, 0.25) is 0 Å². The maximum Gasteiger partial charge on any atom is 0.315 e. The number of unbranched alkanes of at least 4 members (excludes halogenated alkanes) is 8. The molecule has 2 unspecified atom stereocenters. The Bertz CT molecular complexity index is 629. The summed E-state index contributed by atoms with van der Waals surface area (Å²) in [6, 6.07) is 0. The van der Waals surface area contributed by atoms with Gasteiger partial charge in [0.25, 0.3) is 7.82 Å². The molecule has 0 rings (SSSR count). The Labute approximate surface area is 212 Å². The molecule has 0 aliphatic rings. The van der Waals surface area contributed by atoms with E-state index in [4.69, 9.17) is 13.8 Å². The fourth-order valence-electron chi connectivity index (χ4n) is 2.85. The molecule has 0 spiro atoms. The van der Waals surface area contributed by atoms with Crippen LogP contribution in [0.1, 0.15) is 78.1 Å². The zero-order chi connectivity index (χ0) is 25.7. The Kier molecular flexibility index (Phi) is 20.3. The predicted molar refractivity (Wildman–Crippen MR) is 139 cm³/mol. The van der Waals surface area contributed by atoms with E-state index in [1.807, 2.05) is 21.1 Å². The lowest BCUT2D eigenvalue weighted by molar-refractivity contribution is -0.870. The molecule has 0 aromatic heterocycles. The SMILES string of the molecule is CCC#CCCCCCCCCCCSCC(=O)OCC(C)COP(=O)([O-])OCC[N+](C)(C)C. The van der Waals surface area contributed by atoms with E-state index in [0.29, 0.717) is 16.8 Å². The minimum Gasteiger partial charge on any atom is -0.756 e. The summed E-state index contributed by atoms with van der Waals surface area (Å²) in [6.45, 7) is 4.53. The Morgan fingerprint density at radius 1 is 0.971 bits per heavy atom. The molecule has 0 saturated heterocycles. The van der Waals surface area contributed by atoms with Crippen LogP contribution in [-0.4, -0.2) is 69.5 Å². The lowest BCUT2D eigenvalue weighted by Crippen LogP contribution is -2.37. The van der Waals surface area contributed by atoms with E-state index >= 15 is 0 Å². The molecule has 7 nitrogen and oxygen atoms in total. The molecule has 0 aromatic carbocycles. The van der Waals surface area contributed by atoms with E-state index < -0.39 is 7.82 Å². The van der Waals surface area contributed by atoms with Gasteiger partial charge in [-0.2, -0.15) is 11.8 Å². The largest absolute Gasteiger partial charge is 0.756 e. The van der Waals surface area contributed by atoms with Crippen LogP contribution in [-0.2, 0) is 23.1 Å². The van der Waals surface area contributed by atoms with Crippen molar-refractivity contribution < 1.29 is 32.5 Å². The first kappa shape index (κ1) is 33.4. The van der Waals surface area contributed by atoms with Crippen LogP contribution in [0.5, 0.6) is 0 Å². The Hall–Kier alpha value is -0.550. The minimum atomic E-state index is -4.33. The summed E-state index contributed by atoms with van der Waals surface area (Å²) in [5.74, 6) is 7.07. The zero-order valence-corrected chi connectivity index (χ0v) is 23.9. The number of nitrogens with zero attached hydrogens (tertiary/aromatic N) is 1. The first-order valence-electron chi connectivity index (χ1n) is 12.7. The number of phosphoric acid groups is 1. The molecular weight excluding hydrogens is 473 g/mol. The monoisotopic (exact) mass is 521 g/mol. The number of phosphoric ester groups is 1. The zero-order valence-electron chi connectivity index (χ0n) is 22.1. The van der Waals surface area contributed by atoms with Crippen LogP contribution < -0.4 is 4.89 Å². The fourth-order valence-corrected chi connectivity index (χ4v) is 4.47.